The van der Waals surface area contributed by atoms with E-state index in [2.05, 4.69) is 52.2 Å². The lowest BCUT2D eigenvalue weighted by atomic mass is 9.95. The first kappa shape index (κ1) is 27.1. The summed E-state index contributed by atoms with van der Waals surface area (Å²) in [5, 5.41) is 8.59. The van der Waals surface area contributed by atoms with E-state index in [9.17, 15) is 4.79 Å². The molecule has 1 aliphatic rings. The van der Waals surface area contributed by atoms with Crippen molar-refractivity contribution >= 4 is 39.5 Å². The maximum atomic E-state index is 12.6. The first-order valence-corrected chi connectivity index (χ1v) is 14.1. The Hall–Kier alpha value is -2.98. The molecular weight excluding hydrogens is 554 g/mol. The molecule has 1 unspecified atom stereocenters. The summed E-state index contributed by atoms with van der Waals surface area (Å²) in [4.78, 5) is 17.3. The molecule has 8 nitrogen and oxygen atoms in total. The molecule has 0 saturated heterocycles. The molecule has 0 fully saturated rings. The lowest BCUT2D eigenvalue weighted by Gasteiger charge is -2.28. The van der Waals surface area contributed by atoms with Crippen LogP contribution in [0.4, 0.5) is 5.95 Å². The summed E-state index contributed by atoms with van der Waals surface area (Å²) in [5.41, 5.74) is 9.95. The Balaban J connectivity index is 1.73. The average Bonchev–Trinajstić information content (AvgIpc) is 3.25. The van der Waals surface area contributed by atoms with Crippen molar-refractivity contribution in [1.29, 1.82) is 0 Å². The van der Waals surface area contributed by atoms with E-state index in [4.69, 9.17) is 20.3 Å². The number of benzene rings is 2. The number of unbranched alkanes of at least 4 members (excludes halogenated alkanes) is 1. The van der Waals surface area contributed by atoms with Gasteiger partial charge in [0, 0.05) is 11.4 Å². The van der Waals surface area contributed by atoms with Gasteiger partial charge in [0.15, 0.2) is 11.5 Å². The zero-order chi connectivity index (χ0) is 26.5. The predicted octanol–water partition coefficient (Wildman–Crippen LogP) is 5.99. The van der Waals surface area contributed by atoms with Crippen molar-refractivity contribution in [3.05, 3.63) is 68.8 Å². The molecule has 0 saturated carbocycles. The van der Waals surface area contributed by atoms with E-state index in [0.29, 0.717) is 51.6 Å². The zero-order valence-corrected chi connectivity index (χ0v) is 23.9. The Kier molecular flexibility index (Phi) is 8.81. The fourth-order valence-electron chi connectivity index (χ4n) is 4.23. The van der Waals surface area contributed by atoms with Crippen LogP contribution in [0.2, 0.25) is 0 Å². The van der Waals surface area contributed by atoms with Crippen molar-refractivity contribution in [2.75, 3.05) is 17.7 Å². The van der Waals surface area contributed by atoms with Crippen LogP contribution in [0.3, 0.4) is 0 Å². The second-order valence-electron chi connectivity index (χ2n) is 8.84. The Bertz CT molecular complexity index is 1320. The molecule has 2 aromatic carbocycles. The van der Waals surface area contributed by atoms with Gasteiger partial charge in [-0.3, -0.25) is 4.79 Å². The molecule has 2 heterocycles. The summed E-state index contributed by atoms with van der Waals surface area (Å²) in [6.07, 6.45) is 2.17. The number of rotatable bonds is 11. The van der Waals surface area contributed by atoms with Crippen LogP contribution >= 0.6 is 27.7 Å². The Morgan fingerprint density at radius 2 is 2.03 bits per heavy atom. The quantitative estimate of drug-likeness (QED) is 0.210. The van der Waals surface area contributed by atoms with Gasteiger partial charge in [-0.25, -0.2) is 4.68 Å². The number of hydrogen-bond donors (Lipinski definition) is 2. The van der Waals surface area contributed by atoms with Crippen LogP contribution in [0.15, 0.2) is 57.3 Å². The Morgan fingerprint density at radius 1 is 1.22 bits per heavy atom. The molecule has 1 aromatic heterocycles. The van der Waals surface area contributed by atoms with Crippen LogP contribution in [0.1, 0.15) is 56.3 Å². The SMILES string of the molecule is CCCCSc1nc2n(n1)C(c1cc(Br)c(OCc3cccc(C)c3)c(OCC)c1)C(C(N)=O)=C(C)N2. The number of ether oxygens (including phenoxy) is 2. The summed E-state index contributed by atoms with van der Waals surface area (Å²) in [5.74, 6) is 2.13. The standard InChI is InChI=1S/C27H32BrN5O3S/c1-5-7-11-37-27-31-26-30-17(4)22(25(29)34)23(33(26)32-27)19-13-20(28)24(21(14-19)35-6-2)36-15-18-10-8-9-16(3)12-18/h8-10,12-14,23H,5-7,11,15H2,1-4H3,(H2,29,34)(H,30,31,32). The number of nitrogens with one attached hydrogen (secondary N) is 1. The highest BCUT2D eigenvalue weighted by molar-refractivity contribution is 9.10. The topological polar surface area (TPSA) is 104 Å². The van der Waals surface area contributed by atoms with Gasteiger partial charge >= 0.3 is 0 Å². The molecule has 37 heavy (non-hydrogen) atoms. The fraction of sp³-hybridized carbons (Fsp3) is 0.370. The van der Waals surface area contributed by atoms with Crippen LogP contribution < -0.4 is 20.5 Å². The normalized spacial score (nSPS) is 14.8. The number of halogens is 1. The van der Waals surface area contributed by atoms with Gasteiger partial charge in [-0.1, -0.05) is 54.9 Å². The first-order chi connectivity index (χ1) is 17.8. The summed E-state index contributed by atoms with van der Waals surface area (Å²) in [7, 11) is 0. The number of hydrogen-bond acceptors (Lipinski definition) is 7. The summed E-state index contributed by atoms with van der Waals surface area (Å²) in [6, 6.07) is 11.4. The van der Waals surface area contributed by atoms with Crippen molar-refractivity contribution in [3.63, 3.8) is 0 Å². The first-order valence-electron chi connectivity index (χ1n) is 12.3. The Morgan fingerprint density at radius 3 is 2.73 bits per heavy atom. The molecule has 1 atom stereocenters. The van der Waals surface area contributed by atoms with E-state index in [1.807, 2.05) is 38.1 Å². The summed E-state index contributed by atoms with van der Waals surface area (Å²) < 4.78 is 14.6. The highest BCUT2D eigenvalue weighted by Crippen LogP contribution is 2.43. The Labute approximate surface area is 230 Å². The number of nitrogens with zero attached hydrogens (tertiary/aromatic N) is 3. The predicted molar refractivity (Wildman–Crippen MR) is 150 cm³/mol. The second kappa shape index (κ2) is 12.0. The van der Waals surface area contributed by atoms with E-state index < -0.39 is 11.9 Å². The molecule has 0 spiro atoms. The van der Waals surface area contributed by atoms with Crippen molar-refractivity contribution in [3.8, 4) is 11.5 Å². The van der Waals surface area contributed by atoms with Crippen molar-refractivity contribution in [2.24, 2.45) is 5.73 Å². The molecule has 3 aromatic rings. The van der Waals surface area contributed by atoms with Crippen LogP contribution in [-0.2, 0) is 11.4 Å². The number of carbonyl (C=O) groups is 1. The number of aromatic nitrogens is 3. The monoisotopic (exact) mass is 585 g/mol. The summed E-state index contributed by atoms with van der Waals surface area (Å²) in [6.45, 7) is 8.79. The maximum Gasteiger partial charge on any atom is 0.248 e. The number of amides is 1. The number of nitrogens with two attached hydrogens (primary N) is 1. The lowest BCUT2D eigenvalue weighted by molar-refractivity contribution is -0.115. The number of aryl methyl sites for hydroxylation is 1. The van der Waals surface area contributed by atoms with Gasteiger partial charge in [-0.2, -0.15) is 4.98 Å². The van der Waals surface area contributed by atoms with Gasteiger partial charge in [0.05, 0.1) is 16.7 Å². The van der Waals surface area contributed by atoms with Gasteiger partial charge in [-0.15, -0.1) is 5.10 Å². The fourth-order valence-corrected chi connectivity index (χ4v) is 5.72. The molecule has 196 valence electrons. The third kappa shape index (κ3) is 6.13. The molecule has 0 bridgehead atoms. The second-order valence-corrected chi connectivity index (χ2v) is 10.8. The highest BCUT2D eigenvalue weighted by Gasteiger charge is 2.34. The smallest absolute Gasteiger partial charge is 0.248 e. The molecule has 1 aliphatic heterocycles. The van der Waals surface area contributed by atoms with Gasteiger partial charge in [0.25, 0.3) is 0 Å². The van der Waals surface area contributed by atoms with E-state index in [0.717, 1.165) is 29.7 Å². The minimum atomic E-state index is -0.567. The van der Waals surface area contributed by atoms with E-state index in [1.54, 1.807) is 16.4 Å². The molecule has 10 heteroatoms. The molecular formula is C27H32BrN5O3S. The number of carbonyl (C=O) groups excluding carboxylic acids is 1. The number of primary amides is 1. The maximum absolute atomic E-state index is 12.6. The van der Waals surface area contributed by atoms with Crippen LogP contribution in [-0.4, -0.2) is 33.0 Å². The van der Waals surface area contributed by atoms with Gasteiger partial charge in [-0.05, 0) is 66.4 Å². The molecule has 3 N–H and O–H groups in total. The van der Waals surface area contributed by atoms with Crippen molar-refractivity contribution in [2.45, 2.75) is 58.3 Å². The van der Waals surface area contributed by atoms with E-state index in [1.165, 1.54) is 5.56 Å². The van der Waals surface area contributed by atoms with Crippen molar-refractivity contribution in [1.82, 2.24) is 14.8 Å². The van der Waals surface area contributed by atoms with Gasteiger partial charge in [0.2, 0.25) is 17.0 Å². The molecule has 4 rings (SSSR count). The van der Waals surface area contributed by atoms with E-state index >= 15 is 0 Å². The van der Waals surface area contributed by atoms with Gasteiger partial charge < -0.3 is 20.5 Å². The van der Waals surface area contributed by atoms with Crippen LogP contribution in [0.25, 0.3) is 0 Å². The minimum absolute atomic E-state index is 0.393. The number of fused-ring (bicyclic) bond motifs is 1. The largest absolute Gasteiger partial charge is 0.490 e. The highest BCUT2D eigenvalue weighted by atomic mass is 79.9. The van der Waals surface area contributed by atoms with Crippen molar-refractivity contribution < 1.29 is 14.3 Å². The van der Waals surface area contributed by atoms with Gasteiger partial charge in [0.1, 0.15) is 12.6 Å². The third-order valence-electron chi connectivity index (χ3n) is 5.94. The zero-order valence-electron chi connectivity index (χ0n) is 21.5. The molecule has 1 amide bonds. The molecule has 0 aliphatic carbocycles. The van der Waals surface area contributed by atoms with E-state index in [-0.39, 0.29) is 0 Å². The van der Waals surface area contributed by atoms with Crippen LogP contribution in [0.5, 0.6) is 11.5 Å². The lowest BCUT2D eigenvalue weighted by Crippen LogP contribution is -2.32. The van der Waals surface area contributed by atoms with Crippen LogP contribution in [0, 0.1) is 6.92 Å². The number of allylic oxidation sites excluding steroid dienone is 1. The third-order valence-corrected chi connectivity index (χ3v) is 7.45. The number of anilines is 1. The minimum Gasteiger partial charge on any atom is -0.490 e. The average molecular weight is 587 g/mol. The number of thioether (sulfide) groups is 1. The molecule has 0 radical (unpaired) electrons. The summed E-state index contributed by atoms with van der Waals surface area (Å²) >= 11 is 5.28.